The Kier molecular flexibility index (Phi) is 3.69. The van der Waals surface area contributed by atoms with Crippen molar-refractivity contribution in [3.05, 3.63) is 34.1 Å². The van der Waals surface area contributed by atoms with Crippen LogP contribution in [0, 0.1) is 5.82 Å². The van der Waals surface area contributed by atoms with Crippen LogP contribution in [-0.2, 0) is 0 Å². The van der Waals surface area contributed by atoms with Crippen molar-refractivity contribution in [2.24, 2.45) is 0 Å². The summed E-state index contributed by atoms with van der Waals surface area (Å²) in [6, 6.07) is 4.99. The molecule has 1 N–H and O–H groups in total. The maximum Gasteiger partial charge on any atom is 0.161 e. The van der Waals surface area contributed by atoms with E-state index < -0.39 is 5.82 Å². The van der Waals surface area contributed by atoms with Crippen molar-refractivity contribution >= 4 is 39.9 Å². The van der Waals surface area contributed by atoms with Crippen molar-refractivity contribution in [3.63, 3.8) is 0 Å². The highest BCUT2D eigenvalue weighted by Gasteiger charge is 2.11. The molecule has 2 aromatic rings. The van der Waals surface area contributed by atoms with Gasteiger partial charge in [-0.15, -0.1) is 0 Å². The number of nitrogens with zero attached hydrogens (tertiary/aromatic N) is 1. The Morgan fingerprint density at radius 1 is 1.35 bits per heavy atom. The molecule has 1 heterocycles. The first-order valence-electron chi connectivity index (χ1n) is 5.31. The van der Waals surface area contributed by atoms with Crippen LogP contribution in [0.25, 0.3) is 10.9 Å². The number of benzene rings is 1. The van der Waals surface area contributed by atoms with Gasteiger partial charge in [0, 0.05) is 11.9 Å². The number of aromatic nitrogens is 1. The molecular formula is C12H11Cl2FN2. The van der Waals surface area contributed by atoms with Crippen LogP contribution in [0.5, 0.6) is 0 Å². The van der Waals surface area contributed by atoms with Crippen LogP contribution in [0.2, 0.25) is 10.0 Å². The molecule has 0 saturated carbocycles. The molecule has 0 bridgehead atoms. The van der Waals surface area contributed by atoms with Crippen molar-refractivity contribution in [1.82, 2.24) is 4.98 Å². The van der Waals surface area contributed by atoms with Crippen LogP contribution in [-0.4, -0.2) is 11.5 Å². The third-order valence-electron chi connectivity index (χ3n) is 2.38. The number of fused-ring (bicyclic) bond motifs is 1. The molecule has 90 valence electrons. The van der Waals surface area contributed by atoms with Gasteiger partial charge in [-0.2, -0.15) is 0 Å². The minimum Gasteiger partial charge on any atom is -0.370 e. The van der Waals surface area contributed by atoms with Crippen molar-refractivity contribution in [2.75, 3.05) is 11.9 Å². The van der Waals surface area contributed by atoms with E-state index in [0.717, 1.165) is 18.8 Å². The second-order valence-electron chi connectivity index (χ2n) is 3.68. The zero-order valence-electron chi connectivity index (χ0n) is 9.23. The topological polar surface area (TPSA) is 24.9 Å². The Bertz CT molecular complexity index is 558. The monoisotopic (exact) mass is 272 g/mol. The van der Waals surface area contributed by atoms with E-state index in [-0.39, 0.29) is 10.0 Å². The fraction of sp³-hybridized carbons (Fsp3) is 0.250. The van der Waals surface area contributed by atoms with Crippen LogP contribution in [0.1, 0.15) is 13.3 Å². The third-order valence-corrected chi connectivity index (χ3v) is 3.03. The molecule has 0 amide bonds. The highest BCUT2D eigenvalue weighted by atomic mass is 35.5. The molecule has 0 saturated heterocycles. The van der Waals surface area contributed by atoms with Crippen molar-refractivity contribution < 1.29 is 4.39 Å². The Balaban J connectivity index is 2.51. The molecule has 1 aromatic heterocycles. The van der Waals surface area contributed by atoms with Gasteiger partial charge in [0.2, 0.25) is 0 Å². The summed E-state index contributed by atoms with van der Waals surface area (Å²) >= 11 is 11.6. The number of hydrogen-bond donors (Lipinski definition) is 1. The molecule has 0 atom stereocenters. The quantitative estimate of drug-likeness (QED) is 0.832. The summed E-state index contributed by atoms with van der Waals surface area (Å²) in [5, 5.41) is 3.72. The lowest BCUT2D eigenvalue weighted by Crippen LogP contribution is -2.01. The van der Waals surface area contributed by atoms with Gasteiger partial charge >= 0.3 is 0 Å². The maximum absolute atomic E-state index is 13.5. The third kappa shape index (κ3) is 2.45. The molecule has 0 radical (unpaired) electrons. The van der Waals surface area contributed by atoms with E-state index in [2.05, 4.69) is 17.2 Å². The predicted octanol–water partition coefficient (Wildman–Crippen LogP) is 4.50. The molecule has 0 unspecified atom stereocenters. The highest BCUT2D eigenvalue weighted by Crippen LogP contribution is 2.31. The SMILES string of the molecule is CCCNc1ccc2c(Cl)c(F)c(Cl)cc2n1. The highest BCUT2D eigenvalue weighted by molar-refractivity contribution is 6.38. The van der Waals surface area contributed by atoms with Crippen LogP contribution in [0.3, 0.4) is 0 Å². The van der Waals surface area contributed by atoms with Crippen LogP contribution >= 0.6 is 23.2 Å². The van der Waals surface area contributed by atoms with E-state index in [4.69, 9.17) is 23.2 Å². The second-order valence-corrected chi connectivity index (χ2v) is 4.46. The average molecular weight is 273 g/mol. The van der Waals surface area contributed by atoms with Crippen LogP contribution in [0.4, 0.5) is 10.2 Å². The second kappa shape index (κ2) is 5.07. The molecule has 0 aliphatic carbocycles. The van der Waals surface area contributed by atoms with E-state index in [1.807, 2.05) is 0 Å². The summed E-state index contributed by atoms with van der Waals surface area (Å²) in [5.74, 6) is 0.134. The molecule has 2 nitrogen and oxygen atoms in total. The number of hydrogen-bond acceptors (Lipinski definition) is 2. The summed E-state index contributed by atoms with van der Waals surface area (Å²) in [7, 11) is 0. The van der Waals surface area contributed by atoms with Gasteiger partial charge in [0.1, 0.15) is 5.82 Å². The Morgan fingerprint density at radius 2 is 2.12 bits per heavy atom. The minimum absolute atomic E-state index is 0.0114. The molecule has 5 heteroatoms. The van der Waals surface area contributed by atoms with E-state index >= 15 is 0 Å². The van der Waals surface area contributed by atoms with Gasteiger partial charge in [-0.1, -0.05) is 30.1 Å². The molecule has 0 aliphatic heterocycles. The fourth-order valence-electron chi connectivity index (χ4n) is 1.53. The van der Waals surface area contributed by atoms with E-state index in [1.165, 1.54) is 6.07 Å². The normalized spacial score (nSPS) is 10.8. The first-order chi connectivity index (χ1) is 8.13. The zero-order valence-corrected chi connectivity index (χ0v) is 10.7. The van der Waals surface area contributed by atoms with Crippen LogP contribution < -0.4 is 5.32 Å². The van der Waals surface area contributed by atoms with E-state index in [1.54, 1.807) is 12.1 Å². The summed E-state index contributed by atoms with van der Waals surface area (Å²) < 4.78 is 13.5. The van der Waals surface area contributed by atoms with E-state index in [0.29, 0.717) is 10.9 Å². The molecule has 1 aromatic carbocycles. The van der Waals surface area contributed by atoms with Gasteiger partial charge < -0.3 is 5.32 Å². The van der Waals surface area contributed by atoms with Gasteiger partial charge in [0.15, 0.2) is 5.82 Å². The Morgan fingerprint density at radius 3 is 2.82 bits per heavy atom. The molecule has 0 fully saturated rings. The number of pyridine rings is 1. The maximum atomic E-state index is 13.5. The van der Waals surface area contributed by atoms with Crippen molar-refractivity contribution in [1.29, 1.82) is 0 Å². The van der Waals surface area contributed by atoms with Gasteiger partial charge in [0.25, 0.3) is 0 Å². The first-order valence-corrected chi connectivity index (χ1v) is 6.07. The first kappa shape index (κ1) is 12.4. The Labute approximate surface area is 109 Å². The molecule has 2 rings (SSSR count). The van der Waals surface area contributed by atoms with Crippen LogP contribution in [0.15, 0.2) is 18.2 Å². The Hall–Kier alpha value is -1.06. The molecular weight excluding hydrogens is 262 g/mol. The fourth-order valence-corrected chi connectivity index (χ4v) is 2.04. The van der Waals surface area contributed by atoms with E-state index in [9.17, 15) is 4.39 Å². The largest absolute Gasteiger partial charge is 0.370 e. The van der Waals surface area contributed by atoms with Gasteiger partial charge in [-0.25, -0.2) is 9.37 Å². The molecule has 17 heavy (non-hydrogen) atoms. The number of nitrogens with one attached hydrogen (secondary N) is 1. The number of rotatable bonds is 3. The summed E-state index contributed by atoms with van der Waals surface area (Å²) in [5.41, 5.74) is 0.586. The van der Waals surface area contributed by atoms with Crippen molar-refractivity contribution in [2.45, 2.75) is 13.3 Å². The van der Waals surface area contributed by atoms with Gasteiger partial charge in [0.05, 0.1) is 15.6 Å². The molecule has 0 spiro atoms. The summed E-state index contributed by atoms with van der Waals surface area (Å²) in [6.45, 7) is 2.90. The summed E-state index contributed by atoms with van der Waals surface area (Å²) in [4.78, 5) is 4.33. The number of anilines is 1. The van der Waals surface area contributed by atoms with Crippen molar-refractivity contribution in [3.8, 4) is 0 Å². The zero-order chi connectivity index (χ0) is 12.4. The minimum atomic E-state index is -0.600. The molecule has 0 aliphatic rings. The summed E-state index contributed by atoms with van der Waals surface area (Å²) in [6.07, 6.45) is 1.00. The average Bonchev–Trinajstić information content (AvgIpc) is 2.33. The van der Waals surface area contributed by atoms with Gasteiger partial charge in [-0.05, 0) is 24.6 Å². The smallest absolute Gasteiger partial charge is 0.161 e. The standard InChI is InChI=1S/C12H11Cl2FN2/c1-2-5-16-10-4-3-7-9(17-10)6-8(13)12(15)11(7)14/h3-4,6H,2,5H2,1H3,(H,16,17). The lowest BCUT2D eigenvalue weighted by atomic mass is 10.2. The number of halogens is 3. The predicted molar refractivity (Wildman–Crippen MR) is 70.5 cm³/mol. The lowest BCUT2D eigenvalue weighted by molar-refractivity contribution is 0.630. The van der Waals surface area contributed by atoms with Gasteiger partial charge in [-0.3, -0.25) is 0 Å². The lowest BCUT2D eigenvalue weighted by Gasteiger charge is -2.07.